The van der Waals surface area contributed by atoms with Gasteiger partial charge in [-0.2, -0.15) is 6.20 Å². The van der Waals surface area contributed by atoms with Crippen molar-refractivity contribution in [3.63, 3.8) is 0 Å². The predicted molar refractivity (Wildman–Crippen MR) is 31.8 cm³/mol. The van der Waals surface area contributed by atoms with Crippen molar-refractivity contribution in [1.82, 2.24) is 14.4 Å². The normalized spacial score (nSPS) is 9.20. The van der Waals surface area contributed by atoms with Gasteiger partial charge in [0, 0.05) is 30.9 Å². The van der Waals surface area contributed by atoms with Gasteiger partial charge in [-0.05, 0) is 0 Å². The number of nitrogens with zero attached hydrogens (tertiary/aromatic N) is 3. The van der Waals surface area contributed by atoms with Gasteiger partial charge in [0.2, 0.25) is 5.78 Å². The van der Waals surface area contributed by atoms with E-state index in [1.165, 1.54) is 0 Å². The SMILES string of the molecule is [V].[c-]1cnc2nccn2c1. The summed E-state index contributed by atoms with van der Waals surface area (Å²) >= 11 is 0. The van der Waals surface area contributed by atoms with Crippen LogP contribution < -0.4 is 0 Å². The van der Waals surface area contributed by atoms with Crippen molar-refractivity contribution in [2.45, 2.75) is 0 Å². The number of hydrogen-bond acceptors (Lipinski definition) is 2. The molecule has 2 aromatic rings. The molecule has 0 saturated heterocycles. The molecular formula is C6H4N3V-. The smallest absolute Gasteiger partial charge is 0.228 e. The molecule has 2 rings (SSSR count). The number of rotatable bonds is 0. The van der Waals surface area contributed by atoms with E-state index in [9.17, 15) is 0 Å². The molecular weight excluding hydrogens is 165 g/mol. The molecule has 0 atom stereocenters. The standard InChI is InChI=1S/C6H4N3.V/c1-2-7-6-8-3-5-9(6)4-1;/h2-5H;/q-1;. The van der Waals surface area contributed by atoms with Crippen molar-refractivity contribution in [2.75, 3.05) is 0 Å². The quantitative estimate of drug-likeness (QED) is 0.538. The molecule has 0 aliphatic heterocycles. The van der Waals surface area contributed by atoms with Gasteiger partial charge in [-0.3, -0.25) is 4.98 Å². The van der Waals surface area contributed by atoms with Crippen LogP contribution in [0.1, 0.15) is 0 Å². The summed E-state index contributed by atoms with van der Waals surface area (Å²) in [7, 11) is 0. The van der Waals surface area contributed by atoms with Crippen LogP contribution in [0.5, 0.6) is 0 Å². The van der Waals surface area contributed by atoms with Crippen molar-refractivity contribution in [3.8, 4) is 0 Å². The van der Waals surface area contributed by atoms with Crippen LogP contribution in [0.4, 0.5) is 0 Å². The van der Waals surface area contributed by atoms with Crippen molar-refractivity contribution < 1.29 is 18.6 Å². The maximum absolute atomic E-state index is 3.95. The van der Waals surface area contributed by atoms with E-state index in [2.05, 4.69) is 16.0 Å². The van der Waals surface area contributed by atoms with Crippen LogP contribution >= 0.6 is 0 Å². The molecule has 0 amide bonds. The Morgan fingerprint density at radius 3 is 3.10 bits per heavy atom. The van der Waals surface area contributed by atoms with Crippen molar-refractivity contribution in [2.24, 2.45) is 0 Å². The van der Waals surface area contributed by atoms with Crippen LogP contribution in [0.2, 0.25) is 0 Å². The van der Waals surface area contributed by atoms with Gasteiger partial charge in [-0.25, -0.2) is 4.98 Å². The number of fused-ring (bicyclic) bond motifs is 1. The van der Waals surface area contributed by atoms with E-state index in [-0.39, 0.29) is 18.6 Å². The number of hydrogen-bond donors (Lipinski definition) is 0. The summed E-state index contributed by atoms with van der Waals surface area (Å²) in [6, 6.07) is 2.83. The Morgan fingerprint density at radius 2 is 2.30 bits per heavy atom. The zero-order valence-corrected chi connectivity index (χ0v) is 6.49. The van der Waals surface area contributed by atoms with E-state index in [0.29, 0.717) is 5.78 Å². The van der Waals surface area contributed by atoms with E-state index in [1.54, 1.807) is 23.0 Å². The average molecular weight is 169 g/mol. The Hall–Kier alpha value is -0.796. The minimum atomic E-state index is 0. The molecule has 1 radical (unpaired) electrons. The van der Waals surface area contributed by atoms with Gasteiger partial charge in [-0.1, -0.05) is 0 Å². The first-order valence-electron chi connectivity index (χ1n) is 2.61. The second-order valence-corrected chi connectivity index (χ2v) is 1.69. The molecule has 0 unspecified atom stereocenters. The minimum Gasteiger partial charge on any atom is -0.435 e. The van der Waals surface area contributed by atoms with Gasteiger partial charge in [0.05, 0.1) is 0 Å². The topological polar surface area (TPSA) is 30.2 Å². The van der Waals surface area contributed by atoms with Crippen molar-refractivity contribution in [3.05, 3.63) is 30.9 Å². The van der Waals surface area contributed by atoms with E-state index < -0.39 is 0 Å². The summed E-state index contributed by atoms with van der Waals surface area (Å²) in [5.41, 5.74) is 0. The van der Waals surface area contributed by atoms with E-state index in [4.69, 9.17) is 0 Å². The first-order chi connectivity index (χ1) is 4.47. The molecule has 0 aromatic carbocycles. The summed E-state index contributed by atoms with van der Waals surface area (Å²) in [6.45, 7) is 0. The summed E-state index contributed by atoms with van der Waals surface area (Å²) in [5, 5.41) is 0. The Morgan fingerprint density at radius 1 is 1.40 bits per heavy atom. The van der Waals surface area contributed by atoms with Gasteiger partial charge >= 0.3 is 0 Å². The molecule has 10 heavy (non-hydrogen) atoms. The molecule has 2 heterocycles. The fourth-order valence-electron chi connectivity index (χ4n) is 0.715. The van der Waals surface area contributed by atoms with Crippen LogP contribution in [0, 0.1) is 6.07 Å². The summed E-state index contributed by atoms with van der Waals surface area (Å²) in [4.78, 5) is 7.89. The van der Waals surface area contributed by atoms with Gasteiger partial charge < -0.3 is 10.5 Å². The third-order valence-electron chi connectivity index (χ3n) is 1.12. The van der Waals surface area contributed by atoms with Gasteiger partial charge in [0.1, 0.15) is 0 Å². The second kappa shape index (κ2) is 2.86. The van der Waals surface area contributed by atoms with Crippen molar-refractivity contribution >= 4 is 5.78 Å². The number of imidazole rings is 1. The molecule has 2 aromatic heterocycles. The molecule has 3 nitrogen and oxygen atoms in total. The van der Waals surface area contributed by atoms with E-state index in [0.717, 1.165) is 0 Å². The molecule has 0 spiro atoms. The first-order valence-corrected chi connectivity index (χ1v) is 2.61. The zero-order chi connectivity index (χ0) is 6.10. The van der Waals surface area contributed by atoms with Crippen LogP contribution in [-0.4, -0.2) is 14.4 Å². The van der Waals surface area contributed by atoms with E-state index >= 15 is 0 Å². The Bertz CT molecular complexity index is 287. The maximum Gasteiger partial charge on any atom is 0.228 e. The predicted octanol–water partition coefficient (Wildman–Crippen LogP) is 0.527. The Kier molecular flexibility index (Phi) is 2.09. The molecule has 0 aliphatic carbocycles. The fourth-order valence-corrected chi connectivity index (χ4v) is 0.715. The minimum absolute atomic E-state index is 0. The largest absolute Gasteiger partial charge is 0.435 e. The van der Waals surface area contributed by atoms with Crippen LogP contribution in [-0.2, 0) is 18.6 Å². The number of aromatic nitrogens is 3. The Labute approximate surface area is 70.0 Å². The van der Waals surface area contributed by atoms with Gasteiger partial charge in [-0.15, -0.1) is 6.20 Å². The van der Waals surface area contributed by atoms with Crippen LogP contribution in [0.15, 0.2) is 24.8 Å². The van der Waals surface area contributed by atoms with Gasteiger partial charge in [0.15, 0.2) is 0 Å². The molecule has 0 saturated carbocycles. The molecule has 0 aliphatic rings. The molecule has 0 bridgehead atoms. The van der Waals surface area contributed by atoms with Crippen LogP contribution in [0.25, 0.3) is 5.78 Å². The zero-order valence-electron chi connectivity index (χ0n) is 5.10. The first kappa shape index (κ1) is 7.31. The molecule has 49 valence electrons. The maximum atomic E-state index is 3.95. The van der Waals surface area contributed by atoms with Gasteiger partial charge in [0.25, 0.3) is 0 Å². The summed E-state index contributed by atoms with van der Waals surface area (Å²) in [6.07, 6.45) is 6.92. The third-order valence-corrected chi connectivity index (χ3v) is 1.12. The molecule has 0 N–H and O–H groups in total. The third kappa shape index (κ3) is 1.06. The summed E-state index contributed by atoms with van der Waals surface area (Å²) in [5.74, 6) is 0.716. The molecule has 0 fully saturated rings. The van der Waals surface area contributed by atoms with E-state index in [1.807, 2.05) is 6.20 Å². The monoisotopic (exact) mass is 169 g/mol. The molecule has 4 heteroatoms. The Balaban J connectivity index is 0.000000500. The van der Waals surface area contributed by atoms with Crippen molar-refractivity contribution in [1.29, 1.82) is 0 Å². The fraction of sp³-hybridized carbons (Fsp3) is 0. The summed E-state index contributed by atoms with van der Waals surface area (Å²) < 4.78 is 1.81. The van der Waals surface area contributed by atoms with Crippen LogP contribution in [0.3, 0.4) is 0 Å². The second-order valence-electron chi connectivity index (χ2n) is 1.69. The average Bonchev–Trinajstić information content (AvgIpc) is 2.33.